The van der Waals surface area contributed by atoms with E-state index in [2.05, 4.69) is 10.1 Å². The molecule has 1 N–H and O–H groups in total. The number of hydrogen-bond donors (Lipinski definition) is 1. The number of methoxy groups -OCH3 is 1. The third-order valence-corrected chi connectivity index (χ3v) is 2.98. The van der Waals surface area contributed by atoms with Gasteiger partial charge in [-0.25, -0.2) is 4.79 Å². The SMILES string of the molecule is COC(=O)c1coc(CNc2cc(C)ccc2Cl)c1. The zero-order valence-corrected chi connectivity index (χ0v) is 11.5. The third kappa shape index (κ3) is 3.29. The Hall–Kier alpha value is -1.94. The molecule has 0 radical (unpaired) electrons. The number of anilines is 1. The summed E-state index contributed by atoms with van der Waals surface area (Å²) in [6.07, 6.45) is 1.38. The first-order chi connectivity index (χ1) is 9.10. The number of aryl methyl sites for hydroxylation is 1. The minimum absolute atomic E-state index is 0.398. The monoisotopic (exact) mass is 279 g/mol. The van der Waals surface area contributed by atoms with Crippen LogP contribution in [-0.2, 0) is 11.3 Å². The molecule has 0 bridgehead atoms. The van der Waals surface area contributed by atoms with Crippen LogP contribution in [0, 0.1) is 6.92 Å². The standard InChI is InChI=1S/C14H14ClNO3/c1-9-3-4-12(15)13(5-9)16-7-11-6-10(8-19-11)14(17)18-2/h3-6,8,16H,7H2,1-2H3. The lowest BCUT2D eigenvalue weighted by Crippen LogP contribution is -2.00. The summed E-state index contributed by atoms with van der Waals surface area (Å²) in [7, 11) is 1.33. The fourth-order valence-electron chi connectivity index (χ4n) is 1.66. The first-order valence-electron chi connectivity index (χ1n) is 5.76. The van der Waals surface area contributed by atoms with E-state index in [0.29, 0.717) is 22.9 Å². The summed E-state index contributed by atoms with van der Waals surface area (Å²) in [5, 5.41) is 3.81. The normalized spacial score (nSPS) is 10.3. The van der Waals surface area contributed by atoms with Crippen LogP contribution in [0.15, 0.2) is 34.9 Å². The molecule has 1 aromatic carbocycles. The van der Waals surface area contributed by atoms with Gasteiger partial charge >= 0.3 is 5.97 Å². The van der Waals surface area contributed by atoms with Gasteiger partial charge in [0.05, 0.1) is 29.9 Å². The van der Waals surface area contributed by atoms with E-state index in [1.165, 1.54) is 13.4 Å². The first kappa shape index (κ1) is 13.5. The summed E-state index contributed by atoms with van der Waals surface area (Å²) in [5.41, 5.74) is 2.34. The summed E-state index contributed by atoms with van der Waals surface area (Å²) in [5.74, 6) is 0.224. The summed E-state index contributed by atoms with van der Waals surface area (Å²) in [4.78, 5) is 11.3. The number of carbonyl (C=O) groups is 1. The highest BCUT2D eigenvalue weighted by Gasteiger charge is 2.10. The topological polar surface area (TPSA) is 51.5 Å². The molecule has 0 aliphatic rings. The zero-order valence-electron chi connectivity index (χ0n) is 10.7. The van der Waals surface area contributed by atoms with E-state index in [1.54, 1.807) is 6.07 Å². The Balaban J connectivity index is 2.04. The molecule has 0 spiro atoms. The molecule has 4 nitrogen and oxygen atoms in total. The summed E-state index contributed by atoms with van der Waals surface area (Å²) in [6, 6.07) is 7.37. The third-order valence-electron chi connectivity index (χ3n) is 2.65. The number of furan rings is 1. The highest BCUT2D eigenvalue weighted by atomic mass is 35.5. The van der Waals surface area contributed by atoms with Gasteiger partial charge in [0.2, 0.25) is 0 Å². The van der Waals surface area contributed by atoms with Crippen LogP contribution in [0.5, 0.6) is 0 Å². The number of carbonyl (C=O) groups excluding carboxylic acids is 1. The molecule has 0 saturated heterocycles. The maximum Gasteiger partial charge on any atom is 0.341 e. The van der Waals surface area contributed by atoms with Crippen molar-refractivity contribution in [2.45, 2.75) is 13.5 Å². The van der Waals surface area contributed by atoms with Gasteiger partial charge in [-0.05, 0) is 30.7 Å². The van der Waals surface area contributed by atoms with E-state index in [0.717, 1.165) is 11.3 Å². The highest BCUT2D eigenvalue weighted by Crippen LogP contribution is 2.23. The molecule has 0 aliphatic heterocycles. The van der Waals surface area contributed by atoms with Crippen LogP contribution in [0.25, 0.3) is 0 Å². The van der Waals surface area contributed by atoms with Gasteiger partial charge in [-0.3, -0.25) is 0 Å². The van der Waals surface area contributed by atoms with Crippen LogP contribution in [0.4, 0.5) is 5.69 Å². The Morgan fingerprint density at radius 1 is 1.42 bits per heavy atom. The molecule has 1 aromatic heterocycles. The lowest BCUT2D eigenvalue weighted by molar-refractivity contribution is 0.0600. The number of rotatable bonds is 4. The molecule has 0 aliphatic carbocycles. The van der Waals surface area contributed by atoms with Crippen molar-refractivity contribution in [1.82, 2.24) is 0 Å². The van der Waals surface area contributed by atoms with Gasteiger partial charge in [-0.15, -0.1) is 0 Å². The number of benzene rings is 1. The Morgan fingerprint density at radius 2 is 2.21 bits per heavy atom. The predicted molar refractivity (Wildman–Crippen MR) is 73.6 cm³/mol. The smallest absolute Gasteiger partial charge is 0.341 e. The van der Waals surface area contributed by atoms with Crippen molar-refractivity contribution < 1.29 is 13.9 Å². The van der Waals surface area contributed by atoms with E-state index in [4.69, 9.17) is 16.0 Å². The molecule has 0 fully saturated rings. The van der Waals surface area contributed by atoms with Crippen molar-refractivity contribution in [3.05, 3.63) is 52.4 Å². The van der Waals surface area contributed by atoms with Gasteiger partial charge in [-0.2, -0.15) is 0 Å². The number of ether oxygens (including phenoxy) is 1. The summed E-state index contributed by atoms with van der Waals surface area (Å²) in [6.45, 7) is 2.43. The Kier molecular flexibility index (Phi) is 4.12. The maximum absolute atomic E-state index is 11.3. The van der Waals surface area contributed by atoms with Gasteiger partial charge in [0.15, 0.2) is 0 Å². The molecule has 0 amide bonds. The van der Waals surface area contributed by atoms with Crippen molar-refractivity contribution in [2.75, 3.05) is 12.4 Å². The molecule has 0 saturated carbocycles. The highest BCUT2D eigenvalue weighted by molar-refractivity contribution is 6.33. The minimum atomic E-state index is -0.413. The Labute approximate surface area is 116 Å². The molecule has 0 unspecified atom stereocenters. The zero-order chi connectivity index (χ0) is 13.8. The van der Waals surface area contributed by atoms with Crippen LogP contribution in [0.1, 0.15) is 21.7 Å². The second-order valence-electron chi connectivity index (χ2n) is 4.13. The lowest BCUT2D eigenvalue weighted by Gasteiger charge is -2.07. The number of hydrogen-bond acceptors (Lipinski definition) is 4. The Bertz CT molecular complexity index is 592. The maximum atomic E-state index is 11.3. The molecule has 0 atom stereocenters. The molecular formula is C14H14ClNO3. The van der Waals surface area contributed by atoms with Crippen LogP contribution in [0.2, 0.25) is 5.02 Å². The van der Waals surface area contributed by atoms with E-state index in [1.807, 2.05) is 25.1 Å². The fourth-order valence-corrected chi connectivity index (χ4v) is 1.84. The molecule has 19 heavy (non-hydrogen) atoms. The second kappa shape index (κ2) is 5.80. The number of nitrogens with one attached hydrogen (secondary N) is 1. The average Bonchev–Trinajstić information content (AvgIpc) is 2.88. The van der Waals surface area contributed by atoms with Gasteiger partial charge < -0.3 is 14.5 Å². The van der Waals surface area contributed by atoms with Crippen LogP contribution in [-0.4, -0.2) is 13.1 Å². The quantitative estimate of drug-likeness (QED) is 0.868. The number of esters is 1. The fraction of sp³-hybridized carbons (Fsp3) is 0.214. The molecular weight excluding hydrogens is 266 g/mol. The van der Waals surface area contributed by atoms with E-state index < -0.39 is 5.97 Å². The van der Waals surface area contributed by atoms with Gasteiger partial charge in [0.1, 0.15) is 12.0 Å². The van der Waals surface area contributed by atoms with Crippen molar-refractivity contribution in [2.24, 2.45) is 0 Å². The molecule has 1 heterocycles. The van der Waals surface area contributed by atoms with Crippen molar-refractivity contribution >= 4 is 23.3 Å². The number of halogens is 1. The summed E-state index contributed by atoms with van der Waals surface area (Å²) >= 11 is 6.07. The van der Waals surface area contributed by atoms with Crippen LogP contribution < -0.4 is 5.32 Å². The van der Waals surface area contributed by atoms with Crippen molar-refractivity contribution in [1.29, 1.82) is 0 Å². The van der Waals surface area contributed by atoms with Crippen LogP contribution >= 0.6 is 11.6 Å². The molecule has 2 rings (SSSR count). The predicted octanol–water partition coefficient (Wildman–Crippen LogP) is 3.64. The van der Waals surface area contributed by atoms with Crippen molar-refractivity contribution in [3.8, 4) is 0 Å². The van der Waals surface area contributed by atoms with E-state index >= 15 is 0 Å². The van der Waals surface area contributed by atoms with Gasteiger partial charge in [0.25, 0.3) is 0 Å². The van der Waals surface area contributed by atoms with Gasteiger partial charge in [0, 0.05) is 0 Å². The van der Waals surface area contributed by atoms with Crippen molar-refractivity contribution in [3.63, 3.8) is 0 Å². The minimum Gasteiger partial charge on any atom is -0.467 e. The second-order valence-corrected chi connectivity index (χ2v) is 4.54. The molecule has 2 aromatic rings. The average molecular weight is 280 g/mol. The Morgan fingerprint density at radius 3 is 2.95 bits per heavy atom. The van der Waals surface area contributed by atoms with E-state index in [-0.39, 0.29) is 0 Å². The first-order valence-corrected chi connectivity index (χ1v) is 6.13. The molecule has 5 heteroatoms. The van der Waals surface area contributed by atoms with E-state index in [9.17, 15) is 4.79 Å². The van der Waals surface area contributed by atoms with Crippen LogP contribution in [0.3, 0.4) is 0 Å². The molecule has 100 valence electrons. The van der Waals surface area contributed by atoms with Gasteiger partial charge in [-0.1, -0.05) is 17.7 Å². The largest absolute Gasteiger partial charge is 0.467 e. The summed E-state index contributed by atoms with van der Waals surface area (Å²) < 4.78 is 9.88. The lowest BCUT2D eigenvalue weighted by atomic mass is 10.2.